The summed E-state index contributed by atoms with van der Waals surface area (Å²) >= 11 is 0. The first-order valence-electron chi connectivity index (χ1n) is 14.9. The summed E-state index contributed by atoms with van der Waals surface area (Å²) in [6, 6.07) is 26.8. The highest BCUT2D eigenvalue weighted by atomic mass is 15.1. The molecule has 212 valence electrons. The molecular weight excluding hydrogens is 498 g/mol. The Hall–Kier alpha value is -3.85. The average Bonchev–Trinajstić information content (AvgIpc) is 3.23. The summed E-state index contributed by atoms with van der Waals surface area (Å²) in [5.74, 6) is 1.80. The van der Waals surface area contributed by atoms with Crippen molar-refractivity contribution in [1.82, 2.24) is 9.55 Å². The molecule has 3 nitrogen and oxygen atoms in total. The molecule has 0 radical (unpaired) electrons. The highest BCUT2D eigenvalue weighted by Gasteiger charge is 2.21. The normalized spacial score (nSPS) is 12.1. The summed E-state index contributed by atoms with van der Waals surface area (Å²) < 4.78 is 2.25. The van der Waals surface area contributed by atoms with E-state index in [9.17, 15) is 0 Å². The molecule has 0 saturated carbocycles. The van der Waals surface area contributed by atoms with Crippen LogP contribution >= 0.6 is 0 Å². The number of para-hydroxylation sites is 1. The minimum absolute atomic E-state index is 0.0762. The molecule has 1 heterocycles. The molecule has 41 heavy (non-hydrogen) atoms. The van der Waals surface area contributed by atoms with E-state index < -0.39 is 0 Å². The van der Waals surface area contributed by atoms with Crippen LogP contribution in [0.5, 0.6) is 0 Å². The van der Waals surface area contributed by atoms with Gasteiger partial charge in [0.25, 0.3) is 0 Å². The Morgan fingerprint density at radius 1 is 0.732 bits per heavy atom. The van der Waals surface area contributed by atoms with Gasteiger partial charge in [-0.05, 0) is 76.6 Å². The van der Waals surface area contributed by atoms with E-state index in [1.165, 1.54) is 44.6 Å². The van der Waals surface area contributed by atoms with Crippen LogP contribution in [0.4, 0.5) is 11.4 Å². The zero-order chi connectivity index (χ0) is 29.6. The maximum atomic E-state index is 5.35. The SMILES string of the molecule is Cc1cc(-c2ccccc2-c2nc3c(Nc4c(C(C)C)cccc4C(C)C)cc(C)cc3n2C)cc(C(C)(C)C)c1. The van der Waals surface area contributed by atoms with Gasteiger partial charge in [-0.1, -0.05) is 115 Å². The van der Waals surface area contributed by atoms with Crippen molar-refractivity contribution >= 4 is 22.4 Å². The van der Waals surface area contributed by atoms with E-state index in [0.717, 1.165) is 28.1 Å². The lowest BCUT2D eigenvalue weighted by molar-refractivity contribution is 0.590. The molecule has 4 aromatic carbocycles. The summed E-state index contributed by atoms with van der Waals surface area (Å²) in [5.41, 5.74) is 14.6. The number of nitrogens with zero attached hydrogens (tertiary/aromatic N) is 2. The van der Waals surface area contributed by atoms with Gasteiger partial charge in [-0.2, -0.15) is 0 Å². The second kappa shape index (κ2) is 10.9. The summed E-state index contributed by atoms with van der Waals surface area (Å²) in [5, 5.41) is 3.88. The number of anilines is 2. The van der Waals surface area contributed by atoms with Crippen molar-refractivity contribution in [3.05, 3.63) is 101 Å². The Morgan fingerprint density at radius 3 is 1.95 bits per heavy atom. The molecular formula is C38H45N3. The number of nitrogens with one attached hydrogen (secondary N) is 1. The Balaban J connectivity index is 1.70. The van der Waals surface area contributed by atoms with Crippen LogP contribution < -0.4 is 5.32 Å². The van der Waals surface area contributed by atoms with Gasteiger partial charge in [-0.3, -0.25) is 0 Å². The third kappa shape index (κ3) is 5.55. The fraction of sp³-hybridized carbons (Fsp3) is 0.342. The number of hydrogen-bond acceptors (Lipinski definition) is 2. The van der Waals surface area contributed by atoms with E-state index in [1.54, 1.807) is 0 Å². The van der Waals surface area contributed by atoms with Gasteiger partial charge in [0.05, 0.1) is 11.2 Å². The van der Waals surface area contributed by atoms with E-state index >= 15 is 0 Å². The predicted octanol–water partition coefficient (Wildman–Crippen LogP) is 10.8. The van der Waals surface area contributed by atoms with Gasteiger partial charge < -0.3 is 9.88 Å². The van der Waals surface area contributed by atoms with E-state index in [2.05, 4.69) is 152 Å². The minimum Gasteiger partial charge on any atom is -0.353 e. The fourth-order valence-corrected chi connectivity index (χ4v) is 5.90. The third-order valence-electron chi connectivity index (χ3n) is 8.19. The smallest absolute Gasteiger partial charge is 0.141 e. The standard InChI is InChI=1S/C38H45N3/c1-23(2)29-16-13-17-30(24(3)4)35(29)39-33-20-26(6)21-34-36(33)40-37(41(34)10)32-15-12-11-14-31(32)27-18-25(5)19-28(22-27)38(7,8)9/h11-24,39H,1-10H3. The third-order valence-corrected chi connectivity index (χ3v) is 8.19. The molecule has 0 saturated heterocycles. The van der Waals surface area contributed by atoms with Crippen molar-refractivity contribution in [1.29, 1.82) is 0 Å². The van der Waals surface area contributed by atoms with Gasteiger partial charge in [0, 0.05) is 18.3 Å². The molecule has 3 heteroatoms. The molecule has 5 rings (SSSR count). The lowest BCUT2D eigenvalue weighted by Gasteiger charge is -2.21. The number of imidazole rings is 1. The number of aromatic nitrogens is 2. The minimum atomic E-state index is 0.0762. The largest absolute Gasteiger partial charge is 0.353 e. The van der Waals surface area contributed by atoms with E-state index in [1.807, 2.05) is 0 Å². The van der Waals surface area contributed by atoms with Gasteiger partial charge >= 0.3 is 0 Å². The monoisotopic (exact) mass is 543 g/mol. The van der Waals surface area contributed by atoms with Crippen molar-refractivity contribution in [3.63, 3.8) is 0 Å². The topological polar surface area (TPSA) is 29.9 Å². The van der Waals surface area contributed by atoms with Crippen LogP contribution in [0.2, 0.25) is 0 Å². The quantitative estimate of drug-likeness (QED) is 0.231. The van der Waals surface area contributed by atoms with Crippen molar-refractivity contribution < 1.29 is 0 Å². The first-order chi connectivity index (χ1) is 19.3. The van der Waals surface area contributed by atoms with Crippen LogP contribution in [0.15, 0.2) is 72.8 Å². The number of aryl methyl sites for hydroxylation is 3. The maximum absolute atomic E-state index is 5.35. The highest BCUT2D eigenvalue weighted by Crippen LogP contribution is 2.40. The van der Waals surface area contributed by atoms with E-state index in [4.69, 9.17) is 4.98 Å². The summed E-state index contributed by atoms with van der Waals surface area (Å²) in [6.07, 6.45) is 0. The van der Waals surface area contributed by atoms with Crippen molar-refractivity contribution in [2.24, 2.45) is 7.05 Å². The highest BCUT2D eigenvalue weighted by molar-refractivity contribution is 5.95. The zero-order valence-electron chi connectivity index (χ0n) is 26.5. The Morgan fingerprint density at radius 2 is 1.34 bits per heavy atom. The summed E-state index contributed by atoms with van der Waals surface area (Å²) in [6.45, 7) is 20.3. The van der Waals surface area contributed by atoms with Crippen LogP contribution in [0.25, 0.3) is 33.5 Å². The molecule has 0 aliphatic carbocycles. The molecule has 0 spiro atoms. The van der Waals surface area contributed by atoms with Crippen LogP contribution in [0, 0.1) is 13.8 Å². The molecule has 0 fully saturated rings. The number of fused-ring (bicyclic) bond motifs is 1. The van der Waals surface area contributed by atoms with Crippen LogP contribution in [-0.2, 0) is 12.5 Å². The van der Waals surface area contributed by atoms with E-state index in [0.29, 0.717) is 11.8 Å². The molecule has 1 N–H and O–H groups in total. The Bertz CT molecular complexity index is 1700. The first kappa shape index (κ1) is 28.7. The molecule has 0 bridgehead atoms. The second-order valence-corrected chi connectivity index (χ2v) is 13.3. The molecule has 0 unspecified atom stereocenters. The van der Waals surface area contributed by atoms with Crippen molar-refractivity contribution in [2.75, 3.05) is 5.32 Å². The zero-order valence-corrected chi connectivity index (χ0v) is 26.5. The van der Waals surface area contributed by atoms with Crippen LogP contribution in [0.3, 0.4) is 0 Å². The van der Waals surface area contributed by atoms with Crippen molar-refractivity contribution in [2.45, 2.75) is 79.6 Å². The second-order valence-electron chi connectivity index (χ2n) is 13.3. The average molecular weight is 544 g/mol. The molecule has 1 aromatic heterocycles. The van der Waals surface area contributed by atoms with Gasteiger partial charge in [0.2, 0.25) is 0 Å². The van der Waals surface area contributed by atoms with Gasteiger partial charge in [-0.15, -0.1) is 0 Å². The first-order valence-corrected chi connectivity index (χ1v) is 14.9. The van der Waals surface area contributed by atoms with Crippen LogP contribution in [-0.4, -0.2) is 9.55 Å². The molecule has 0 aliphatic rings. The lowest BCUT2D eigenvalue weighted by atomic mass is 9.84. The summed E-state index contributed by atoms with van der Waals surface area (Å²) in [4.78, 5) is 5.35. The Kier molecular flexibility index (Phi) is 7.59. The van der Waals surface area contributed by atoms with Crippen molar-refractivity contribution in [3.8, 4) is 22.5 Å². The molecule has 0 atom stereocenters. The van der Waals surface area contributed by atoms with Gasteiger partial charge in [0.15, 0.2) is 0 Å². The van der Waals surface area contributed by atoms with Gasteiger partial charge in [0.1, 0.15) is 11.3 Å². The van der Waals surface area contributed by atoms with Crippen LogP contribution in [0.1, 0.15) is 88.1 Å². The molecule has 0 aliphatic heterocycles. The van der Waals surface area contributed by atoms with Gasteiger partial charge in [-0.25, -0.2) is 4.98 Å². The maximum Gasteiger partial charge on any atom is 0.141 e. The number of rotatable bonds is 6. The fourth-order valence-electron chi connectivity index (χ4n) is 5.90. The molecule has 5 aromatic rings. The molecule has 0 amide bonds. The number of benzene rings is 4. The Labute approximate surface area is 246 Å². The van der Waals surface area contributed by atoms with E-state index in [-0.39, 0.29) is 5.41 Å². The number of hydrogen-bond donors (Lipinski definition) is 1. The summed E-state index contributed by atoms with van der Waals surface area (Å²) in [7, 11) is 2.14. The lowest BCUT2D eigenvalue weighted by Crippen LogP contribution is -2.11. The predicted molar refractivity (Wildman–Crippen MR) is 178 cm³/mol.